The summed E-state index contributed by atoms with van der Waals surface area (Å²) in [5.74, 6) is 1.76. The Hall–Kier alpha value is -3.07. The number of fused-ring (bicyclic) bond motifs is 1. The van der Waals surface area contributed by atoms with Gasteiger partial charge >= 0.3 is 0 Å². The minimum absolute atomic E-state index is 0.108. The van der Waals surface area contributed by atoms with Gasteiger partial charge in [0, 0.05) is 18.7 Å². The van der Waals surface area contributed by atoms with Crippen LogP contribution >= 0.6 is 0 Å². The summed E-state index contributed by atoms with van der Waals surface area (Å²) in [6.45, 7) is 1.29. The highest BCUT2D eigenvalue weighted by atomic mass is 16.5. The third kappa shape index (κ3) is 3.41. The van der Waals surface area contributed by atoms with Crippen LogP contribution in [0, 0.1) is 0 Å². The van der Waals surface area contributed by atoms with Gasteiger partial charge in [0.1, 0.15) is 11.5 Å². The van der Waals surface area contributed by atoms with Crippen LogP contribution in [-0.4, -0.2) is 10.8 Å². The van der Waals surface area contributed by atoms with Gasteiger partial charge in [0.2, 0.25) is 0 Å². The van der Waals surface area contributed by atoms with Crippen molar-refractivity contribution < 1.29 is 9.53 Å². The number of amides is 1. The molecule has 0 N–H and O–H groups in total. The van der Waals surface area contributed by atoms with Crippen LogP contribution in [0.5, 0.6) is 5.75 Å². The SMILES string of the molecule is O=C1c2ccccc2CN1Cc1ccc(OC2=CCC=CC=C2)cc1. The van der Waals surface area contributed by atoms with Gasteiger partial charge in [0.05, 0.1) is 0 Å². The Labute approximate surface area is 147 Å². The normalized spacial score (nSPS) is 15.8. The first-order chi connectivity index (χ1) is 12.3. The van der Waals surface area contributed by atoms with Crippen LogP contribution in [0.15, 0.2) is 84.7 Å². The molecule has 3 nitrogen and oxygen atoms in total. The molecular formula is C22H19NO2. The quantitative estimate of drug-likeness (QED) is 0.819. The van der Waals surface area contributed by atoms with Crippen LogP contribution in [0.3, 0.4) is 0 Å². The van der Waals surface area contributed by atoms with E-state index in [9.17, 15) is 4.79 Å². The van der Waals surface area contributed by atoms with E-state index in [1.165, 1.54) is 0 Å². The van der Waals surface area contributed by atoms with E-state index in [4.69, 9.17) is 4.74 Å². The van der Waals surface area contributed by atoms with Gasteiger partial charge in [-0.3, -0.25) is 4.79 Å². The summed E-state index contributed by atoms with van der Waals surface area (Å²) in [6.07, 6.45) is 11.0. The maximum atomic E-state index is 12.4. The molecule has 0 radical (unpaired) electrons. The first-order valence-corrected chi connectivity index (χ1v) is 8.47. The second kappa shape index (κ2) is 6.81. The molecule has 2 aromatic carbocycles. The Morgan fingerprint density at radius 1 is 1.00 bits per heavy atom. The summed E-state index contributed by atoms with van der Waals surface area (Å²) in [5.41, 5.74) is 3.02. The Morgan fingerprint density at radius 3 is 2.68 bits per heavy atom. The number of benzene rings is 2. The van der Waals surface area contributed by atoms with Crippen LogP contribution in [-0.2, 0) is 13.1 Å². The summed E-state index contributed by atoms with van der Waals surface area (Å²) in [6, 6.07) is 15.8. The highest BCUT2D eigenvalue weighted by Gasteiger charge is 2.26. The molecule has 0 saturated carbocycles. The molecule has 2 aliphatic rings. The summed E-state index contributed by atoms with van der Waals surface area (Å²) in [7, 11) is 0. The third-order valence-electron chi connectivity index (χ3n) is 4.39. The number of allylic oxidation sites excluding steroid dienone is 5. The molecule has 0 atom stereocenters. The van der Waals surface area contributed by atoms with E-state index in [1.54, 1.807) is 0 Å². The van der Waals surface area contributed by atoms with E-state index in [1.807, 2.05) is 77.7 Å². The van der Waals surface area contributed by atoms with Gasteiger partial charge in [0.25, 0.3) is 5.91 Å². The first kappa shape index (κ1) is 15.5. The van der Waals surface area contributed by atoms with Crippen LogP contribution in [0.1, 0.15) is 27.9 Å². The van der Waals surface area contributed by atoms with Crippen LogP contribution in [0.2, 0.25) is 0 Å². The van der Waals surface area contributed by atoms with Crippen molar-refractivity contribution in [3.05, 3.63) is 101 Å². The Kier molecular flexibility index (Phi) is 4.21. The Bertz CT molecular complexity index is 875. The second-order valence-corrected chi connectivity index (χ2v) is 6.19. The maximum absolute atomic E-state index is 12.4. The molecule has 4 rings (SSSR count). The summed E-state index contributed by atoms with van der Waals surface area (Å²) < 4.78 is 5.89. The lowest BCUT2D eigenvalue weighted by molar-refractivity contribution is 0.0766. The predicted octanol–water partition coefficient (Wildman–Crippen LogP) is 4.62. The molecule has 0 saturated heterocycles. The minimum atomic E-state index is 0.108. The fourth-order valence-electron chi connectivity index (χ4n) is 3.10. The fraction of sp³-hybridized carbons (Fsp3) is 0.136. The van der Waals surface area contributed by atoms with E-state index >= 15 is 0 Å². The average molecular weight is 329 g/mol. The molecule has 1 amide bonds. The number of ether oxygens (including phenoxy) is 1. The van der Waals surface area contributed by atoms with Gasteiger partial charge < -0.3 is 9.64 Å². The van der Waals surface area contributed by atoms with Gasteiger partial charge in [-0.2, -0.15) is 0 Å². The highest BCUT2D eigenvalue weighted by molar-refractivity contribution is 5.98. The lowest BCUT2D eigenvalue weighted by atomic mass is 10.1. The summed E-state index contributed by atoms with van der Waals surface area (Å²) in [5, 5.41) is 0. The monoisotopic (exact) mass is 329 g/mol. The molecule has 0 bridgehead atoms. The number of rotatable bonds is 4. The van der Waals surface area contributed by atoms with Crippen molar-refractivity contribution >= 4 is 5.91 Å². The second-order valence-electron chi connectivity index (χ2n) is 6.19. The lowest BCUT2D eigenvalue weighted by Gasteiger charge is -2.16. The van der Waals surface area contributed by atoms with Gasteiger partial charge in [0.15, 0.2) is 0 Å². The van der Waals surface area contributed by atoms with E-state index in [-0.39, 0.29) is 5.91 Å². The topological polar surface area (TPSA) is 29.5 Å². The largest absolute Gasteiger partial charge is 0.458 e. The van der Waals surface area contributed by atoms with Gasteiger partial charge in [-0.25, -0.2) is 0 Å². The Morgan fingerprint density at radius 2 is 1.84 bits per heavy atom. The third-order valence-corrected chi connectivity index (χ3v) is 4.39. The first-order valence-electron chi connectivity index (χ1n) is 8.47. The molecule has 0 aromatic heterocycles. The van der Waals surface area contributed by atoms with E-state index in [0.717, 1.165) is 34.6 Å². The van der Waals surface area contributed by atoms with Crippen molar-refractivity contribution in [2.75, 3.05) is 0 Å². The molecule has 124 valence electrons. The van der Waals surface area contributed by atoms with Gasteiger partial charge in [-0.15, -0.1) is 0 Å². The predicted molar refractivity (Wildman–Crippen MR) is 98.1 cm³/mol. The molecule has 1 aliphatic carbocycles. The standard InChI is InChI=1S/C22H19NO2/c24-22-21-10-6-5-7-18(21)16-23(22)15-17-11-13-20(14-12-17)25-19-8-3-1-2-4-9-19/h1-3,5-14H,4,15-16H2. The minimum Gasteiger partial charge on any atom is -0.458 e. The molecule has 0 fully saturated rings. The zero-order valence-electron chi connectivity index (χ0n) is 13.9. The average Bonchev–Trinajstić information content (AvgIpc) is 2.80. The molecule has 1 heterocycles. The molecule has 2 aromatic rings. The number of hydrogen-bond acceptors (Lipinski definition) is 2. The van der Waals surface area contributed by atoms with Crippen LogP contribution < -0.4 is 4.74 Å². The number of nitrogens with zero attached hydrogens (tertiary/aromatic N) is 1. The molecule has 0 unspecified atom stereocenters. The van der Waals surface area contributed by atoms with Gasteiger partial charge in [-0.1, -0.05) is 48.6 Å². The molecule has 0 spiro atoms. The van der Waals surface area contributed by atoms with E-state index in [2.05, 4.69) is 6.08 Å². The molecule has 1 aliphatic heterocycles. The van der Waals surface area contributed by atoms with Crippen molar-refractivity contribution in [1.82, 2.24) is 4.90 Å². The van der Waals surface area contributed by atoms with E-state index in [0.29, 0.717) is 13.1 Å². The number of hydrogen-bond donors (Lipinski definition) is 0. The number of carbonyl (C=O) groups excluding carboxylic acids is 1. The number of carbonyl (C=O) groups is 1. The Balaban J connectivity index is 1.42. The lowest BCUT2D eigenvalue weighted by Crippen LogP contribution is -2.23. The van der Waals surface area contributed by atoms with Crippen molar-refractivity contribution in [3.63, 3.8) is 0 Å². The van der Waals surface area contributed by atoms with Crippen molar-refractivity contribution in [2.24, 2.45) is 0 Å². The zero-order valence-corrected chi connectivity index (χ0v) is 13.9. The maximum Gasteiger partial charge on any atom is 0.254 e. The van der Waals surface area contributed by atoms with Crippen molar-refractivity contribution in [2.45, 2.75) is 19.5 Å². The van der Waals surface area contributed by atoms with Crippen molar-refractivity contribution in [1.29, 1.82) is 0 Å². The highest BCUT2D eigenvalue weighted by Crippen LogP contribution is 2.25. The van der Waals surface area contributed by atoms with Crippen LogP contribution in [0.25, 0.3) is 0 Å². The van der Waals surface area contributed by atoms with Crippen LogP contribution in [0.4, 0.5) is 0 Å². The summed E-state index contributed by atoms with van der Waals surface area (Å²) in [4.78, 5) is 14.3. The summed E-state index contributed by atoms with van der Waals surface area (Å²) >= 11 is 0. The zero-order chi connectivity index (χ0) is 17.1. The van der Waals surface area contributed by atoms with Gasteiger partial charge in [-0.05, 0) is 47.9 Å². The molecule has 25 heavy (non-hydrogen) atoms. The smallest absolute Gasteiger partial charge is 0.254 e. The van der Waals surface area contributed by atoms with E-state index < -0.39 is 0 Å². The fourth-order valence-corrected chi connectivity index (χ4v) is 3.10. The molecular weight excluding hydrogens is 310 g/mol. The molecule has 3 heteroatoms. The van der Waals surface area contributed by atoms with Crippen molar-refractivity contribution in [3.8, 4) is 5.75 Å².